The van der Waals surface area contributed by atoms with Crippen molar-refractivity contribution in [1.82, 2.24) is 4.98 Å². The Morgan fingerprint density at radius 3 is 2.79 bits per heavy atom. The van der Waals surface area contributed by atoms with Gasteiger partial charge >= 0.3 is 5.97 Å². The average molecular weight is 263 g/mol. The van der Waals surface area contributed by atoms with Crippen molar-refractivity contribution >= 4 is 11.7 Å². The Morgan fingerprint density at radius 2 is 2.32 bits per heavy atom. The zero-order valence-corrected chi connectivity index (χ0v) is 10.8. The lowest BCUT2D eigenvalue weighted by Gasteiger charge is -2.18. The molecular weight excluding hydrogens is 250 g/mol. The number of carbonyl (C=O) groups excluding carboxylic acids is 1. The molecule has 0 aliphatic carbocycles. The molecule has 100 valence electrons. The highest BCUT2D eigenvalue weighted by Gasteiger charge is 2.43. The zero-order chi connectivity index (χ0) is 14.6. The van der Waals surface area contributed by atoms with Gasteiger partial charge in [0.15, 0.2) is 5.41 Å². The molecule has 0 aliphatic heterocycles. The quantitative estimate of drug-likeness (QED) is 0.464. The third-order valence-corrected chi connectivity index (χ3v) is 2.58. The highest BCUT2D eigenvalue weighted by Crippen LogP contribution is 2.31. The Bertz CT molecular complexity index is 565. The molecule has 0 fully saturated rings. The molecule has 0 N–H and O–H groups in total. The third kappa shape index (κ3) is 2.68. The minimum Gasteiger partial charge on any atom is -0.465 e. The number of nitro groups is 1. The summed E-state index contributed by atoms with van der Waals surface area (Å²) in [5, 5.41) is 20.2. The minimum absolute atomic E-state index is 0.0791. The second-order valence-corrected chi connectivity index (χ2v) is 4.09. The number of hydrogen-bond donors (Lipinski definition) is 0. The van der Waals surface area contributed by atoms with Crippen LogP contribution in [-0.4, -0.2) is 22.5 Å². The van der Waals surface area contributed by atoms with Crippen LogP contribution in [0.2, 0.25) is 0 Å². The highest BCUT2D eigenvalue weighted by atomic mass is 16.6. The molecule has 7 heteroatoms. The Morgan fingerprint density at radius 1 is 1.68 bits per heavy atom. The van der Waals surface area contributed by atoms with Crippen LogP contribution in [0.4, 0.5) is 5.69 Å². The van der Waals surface area contributed by atoms with Crippen molar-refractivity contribution in [3.05, 3.63) is 33.6 Å². The van der Waals surface area contributed by atoms with Gasteiger partial charge in [-0.3, -0.25) is 15.1 Å². The van der Waals surface area contributed by atoms with Gasteiger partial charge in [-0.15, -0.1) is 0 Å². The van der Waals surface area contributed by atoms with E-state index in [1.165, 1.54) is 19.2 Å². The van der Waals surface area contributed by atoms with Gasteiger partial charge < -0.3 is 4.74 Å². The molecule has 1 heterocycles. The highest BCUT2D eigenvalue weighted by molar-refractivity contribution is 5.87. The zero-order valence-electron chi connectivity index (χ0n) is 10.8. The van der Waals surface area contributed by atoms with E-state index in [1.54, 1.807) is 19.9 Å². The normalized spacial score (nSPS) is 13.2. The minimum atomic E-state index is -1.80. The number of ether oxygens (including phenoxy) is 1. The van der Waals surface area contributed by atoms with Crippen LogP contribution < -0.4 is 0 Å². The third-order valence-electron chi connectivity index (χ3n) is 2.58. The number of nitriles is 1. The molecule has 1 atom stereocenters. The average Bonchev–Trinajstić information content (AvgIpc) is 2.37. The van der Waals surface area contributed by atoms with E-state index >= 15 is 0 Å². The predicted octanol–water partition coefficient (Wildman–Crippen LogP) is 1.64. The molecule has 0 aliphatic rings. The van der Waals surface area contributed by atoms with E-state index in [0.29, 0.717) is 5.56 Å². The molecule has 0 saturated carbocycles. The number of aromatic nitrogens is 1. The van der Waals surface area contributed by atoms with Gasteiger partial charge in [0, 0.05) is 12.3 Å². The van der Waals surface area contributed by atoms with Gasteiger partial charge in [0.1, 0.15) is 5.69 Å². The summed E-state index contributed by atoms with van der Waals surface area (Å²) in [5.74, 6) is -0.850. The summed E-state index contributed by atoms with van der Waals surface area (Å²) in [6.45, 7) is 4.57. The maximum Gasteiger partial charge on any atom is 0.332 e. The number of esters is 1. The fourth-order valence-electron chi connectivity index (χ4n) is 1.55. The van der Waals surface area contributed by atoms with Crippen LogP contribution in [-0.2, 0) is 14.9 Å². The smallest absolute Gasteiger partial charge is 0.332 e. The van der Waals surface area contributed by atoms with Crippen molar-refractivity contribution in [1.29, 1.82) is 5.26 Å². The van der Waals surface area contributed by atoms with Crippen LogP contribution in [0.5, 0.6) is 0 Å². The van der Waals surface area contributed by atoms with Crippen molar-refractivity contribution in [2.45, 2.75) is 26.2 Å². The summed E-state index contributed by atoms with van der Waals surface area (Å²) < 4.78 is 4.79. The molecule has 0 aromatic carbocycles. The van der Waals surface area contributed by atoms with E-state index < -0.39 is 16.3 Å². The monoisotopic (exact) mass is 263 g/mol. The van der Waals surface area contributed by atoms with Gasteiger partial charge in [-0.1, -0.05) is 0 Å². The predicted molar refractivity (Wildman–Crippen MR) is 65.2 cm³/mol. The SMILES string of the molecule is CCOC(=O)C(C)(C#N)c1ncc(C)cc1[N+](=O)[O-]. The molecule has 19 heavy (non-hydrogen) atoms. The molecule has 0 amide bonds. The molecular formula is C12H13N3O4. The molecule has 0 saturated heterocycles. The summed E-state index contributed by atoms with van der Waals surface area (Å²) in [6, 6.07) is 3.03. The Labute approximate surface area is 110 Å². The molecule has 7 nitrogen and oxygen atoms in total. The second kappa shape index (κ2) is 5.44. The van der Waals surface area contributed by atoms with Gasteiger partial charge in [-0.2, -0.15) is 5.26 Å². The van der Waals surface area contributed by atoms with E-state index in [2.05, 4.69) is 4.98 Å². The van der Waals surface area contributed by atoms with Crippen molar-refractivity contribution in [2.75, 3.05) is 6.61 Å². The maximum atomic E-state index is 11.8. The number of hydrogen-bond acceptors (Lipinski definition) is 6. The summed E-state index contributed by atoms with van der Waals surface area (Å²) >= 11 is 0. The van der Waals surface area contributed by atoms with Crippen LogP contribution in [0.15, 0.2) is 12.3 Å². The van der Waals surface area contributed by atoms with Crippen molar-refractivity contribution in [3.63, 3.8) is 0 Å². The summed E-state index contributed by atoms with van der Waals surface area (Å²) in [5.41, 5.74) is -1.80. The molecule has 1 aromatic rings. The summed E-state index contributed by atoms with van der Waals surface area (Å²) in [7, 11) is 0. The van der Waals surface area contributed by atoms with Crippen LogP contribution in [0, 0.1) is 28.4 Å². The molecule has 0 spiro atoms. The number of aryl methyl sites for hydroxylation is 1. The van der Waals surface area contributed by atoms with Gasteiger partial charge in [-0.25, -0.2) is 4.79 Å². The van der Waals surface area contributed by atoms with Crippen LogP contribution in [0.25, 0.3) is 0 Å². The molecule has 0 bridgehead atoms. The van der Waals surface area contributed by atoms with E-state index in [1.807, 2.05) is 0 Å². The van der Waals surface area contributed by atoms with Crippen LogP contribution >= 0.6 is 0 Å². The number of carbonyl (C=O) groups is 1. The van der Waals surface area contributed by atoms with Crippen molar-refractivity contribution < 1.29 is 14.5 Å². The Kier molecular flexibility index (Phi) is 4.17. The van der Waals surface area contributed by atoms with E-state index in [-0.39, 0.29) is 18.0 Å². The fraction of sp³-hybridized carbons (Fsp3) is 0.417. The second-order valence-electron chi connectivity index (χ2n) is 4.09. The van der Waals surface area contributed by atoms with E-state index in [9.17, 15) is 20.2 Å². The first-order valence-corrected chi connectivity index (χ1v) is 5.56. The molecule has 0 radical (unpaired) electrons. The molecule has 1 unspecified atom stereocenters. The summed E-state index contributed by atoms with van der Waals surface area (Å²) in [6.07, 6.45) is 1.37. The Hall–Kier alpha value is -2.49. The van der Waals surface area contributed by atoms with Gasteiger partial charge in [0.25, 0.3) is 5.69 Å². The Balaban J connectivity index is 3.46. The van der Waals surface area contributed by atoms with Crippen molar-refractivity contribution in [3.8, 4) is 6.07 Å². The van der Waals surface area contributed by atoms with Crippen LogP contribution in [0.3, 0.4) is 0 Å². The summed E-state index contributed by atoms with van der Waals surface area (Å²) in [4.78, 5) is 26.1. The van der Waals surface area contributed by atoms with Crippen molar-refractivity contribution in [2.24, 2.45) is 0 Å². The van der Waals surface area contributed by atoms with Gasteiger partial charge in [0.2, 0.25) is 0 Å². The molecule has 1 rings (SSSR count). The maximum absolute atomic E-state index is 11.8. The lowest BCUT2D eigenvalue weighted by molar-refractivity contribution is -0.386. The van der Waals surface area contributed by atoms with E-state index in [0.717, 1.165) is 0 Å². The number of pyridine rings is 1. The first kappa shape index (κ1) is 14.6. The lowest BCUT2D eigenvalue weighted by Crippen LogP contribution is -2.34. The molecule has 1 aromatic heterocycles. The first-order chi connectivity index (χ1) is 8.86. The number of rotatable bonds is 4. The lowest BCUT2D eigenvalue weighted by atomic mass is 9.87. The van der Waals surface area contributed by atoms with E-state index in [4.69, 9.17) is 4.74 Å². The largest absolute Gasteiger partial charge is 0.465 e. The fourth-order valence-corrected chi connectivity index (χ4v) is 1.55. The standard InChI is InChI=1S/C12H13N3O4/c1-4-19-11(16)12(3,7-13)10-9(15(17)18)5-8(2)6-14-10/h5-6H,4H2,1-3H3. The number of nitrogens with zero attached hydrogens (tertiary/aromatic N) is 3. The van der Waals surface area contributed by atoms with Gasteiger partial charge in [-0.05, 0) is 26.3 Å². The van der Waals surface area contributed by atoms with Gasteiger partial charge in [0.05, 0.1) is 17.6 Å². The van der Waals surface area contributed by atoms with Crippen LogP contribution in [0.1, 0.15) is 25.1 Å². The topological polar surface area (TPSA) is 106 Å². The first-order valence-electron chi connectivity index (χ1n) is 5.56.